The minimum atomic E-state index is 0.788. The second-order valence-electron chi connectivity index (χ2n) is 8.91. The molecule has 0 spiro atoms. The van der Waals surface area contributed by atoms with Crippen molar-refractivity contribution in [1.29, 1.82) is 0 Å². The smallest absolute Gasteiger partial charge is 0.0458 e. The summed E-state index contributed by atoms with van der Waals surface area (Å²) in [5.74, 6) is 0.838. The summed E-state index contributed by atoms with van der Waals surface area (Å²) < 4.78 is 0.968. The fourth-order valence-corrected chi connectivity index (χ4v) is 4.67. The van der Waals surface area contributed by atoms with E-state index in [0.29, 0.717) is 0 Å². The Bertz CT molecular complexity index is 707. The van der Waals surface area contributed by atoms with E-state index in [1.54, 1.807) is 0 Å². The number of unbranched alkanes of at least 4 members (excludes halogenated alkanes) is 8. The molecular weight excluding hydrogens is 430 g/mol. The summed E-state index contributed by atoms with van der Waals surface area (Å²) in [4.78, 5) is 0. The summed E-state index contributed by atoms with van der Waals surface area (Å²) in [6.45, 7) is 4.60. The summed E-state index contributed by atoms with van der Waals surface area (Å²) in [7, 11) is 0. The monoisotopic (exact) mass is 471 g/mol. The highest BCUT2D eigenvalue weighted by Gasteiger charge is 2.10. The molecule has 0 heterocycles. The van der Waals surface area contributed by atoms with Crippen molar-refractivity contribution in [2.45, 2.75) is 97.3 Å². The van der Waals surface area contributed by atoms with Crippen molar-refractivity contribution in [2.75, 3.05) is 5.73 Å². The fraction of sp³-hybridized carbons (Fsp3) is 0.571. The Balaban J connectivity index is 1.91. The lowest BCUT2D eigenvalue weighted by Gasteiger charge is -2.17. The zero-order valence-electron chi connectivity index (χ0n) is 19.3. The van der Waals surface area contributed by atoms with Crippen LogP contribution in [0.15, 0.2) is 46.9 Å². The van der Waals surface area contributed by atoms with Gasteiger partial charge < -0.3 is 5.73 Å². The quantitative estimate of drug-likeness (QED) is 0.203. The van der Waals surface area contributed by atoms with Crippen molar-refractivity contribution in [2.24, 2.45) is 5.92 Å². The maximum atomic E-state index is 5.93. The molecule has 2 rings (SSSR count). The average molecular weight is 473 g/mol. The van der Waals surface area contributed by atoms with Crippen molar-refractivity contribution in [1.82, 2.24) is 0 Å². The molecule has 2 N–H and O–H groups in total. The molecule has 1 unspecified atom stereocenters. The Kier molecular flexibility index (Phi) is 12.2. The Labute approximate surface area is 194 Å². The van der Waals surface area contributed by atoms with Crippen molar-refractivity contribution < 1.29 is 0 Å². The number of nitrogens with two attached hydrogens (primary N) is 1. The van der Waals surface area contributed by atoms with Crippen LogP contribution in [0, 0.1) is 5.92 Å². The first-order chi connectivity index (χ1) is 14.6. The van der Waals surface area contributed by atoms with Gasteiger partial charge in [0.15, 0.2) is 0 Å². The first kappa shape index (κ1) is 25.0. The van der Waals surface area contributed by atoms with Crippen LogP contribution < -0.4 is 5.73 Å². The Morgan fingerprint density at radius 2 is 1.23 bits per heavy atom. The molecule has 0 amide bonds. The summed E-state index contributed by atoms with van der Waals surface area (Å²) in [6.07, 6.45) is 17.9. The van der Waals surface area contributed by atoms with Crippen LogP contribution in [0.25, 0.3) is 11.1 Å². The number of rotatable bonds is 15. The van der Waals surface area contributed by atoms with Gasteiger partial charge in [-0.2, -0.15) is 0 Å². The molecule has 0 radical (unpaired) electrons. The lowest BCUT2D eigenvalue weighted by Crippen LogP contribution is -2.05. The van der Waals surface area contributed by atoms with Crippen LogP contribution in [0.2, 0.25) is 0 Å². The van der Waals surface area contributed by atoms with Gasteiger partial charge in [-0.15, -0.1) is 0 Å². The van der Waals surface area contributed by atoms with Crippen LogP contribution in [0.4, 0.5) is 5.69 Å². The summed E-state index contributed by atoms with van der Waals surface area (Å²) in [5, 5.41) is 0. The van der Waals surface area contributed by atoms with Crippen LogP contribution >= 0.6 is 15.9 Å². The molecule has 1 atom stereocenters. The highest BCUT2D eigenvalue weighted by atomic mass is 79.9. The standard InChI is InChI=1S/C28H42BrN/c1-3-5-7-9-10-12-14-23(13-11-8-6-4-2)21-24-15-17-25(18-16-24)26-19-20-28(30)27(29)22-26/h15-20,22-23H,3-14,21,30H2,1-2H3. The molecule has 0 aliphatic heterocycles. The molecule has 0 bridgehead atoms. The van der Waals surface area contributed by atoms with Gasteiger partial charge in [0.25, 0.3) is 0 Å². The number of benzene rings is 2. The van der Waals surface area contributed by atoms with Crippen molar-refractivity contribution in [3.63, 3.8) is 0 Å². The van der Waals surface area contributed by atoms with E-state index in [0.717, 1.165) is 16.1 Å². The van der Waals surface area contributed by atoms with E-state index >= 15 is 0 Å². The molecule has 0 saturated heterocycles. The molecule has 0 aliphatic rings. The van der Waals surface area contributed by atoms with Gasteiger partial charge in [-0.05, 0) is 57.1 Å². The van der Waals surface area contributed by atoms with Crippen molar-refractivity contribution in [3.05, 3.63) is 52.5 Å². The predicted octanol–water partition coefficient (Wildman–Crippen LogP) is 9.58. The van der Waals surface area contributed by atoms with Crippen LogP contribution in [0.3, 0.4) is 0 Å². The van der Waals surface area contributed by atoms with Gasteiger partial charge in [0.1, 0.15) is 0 Å². The number of halogens is 1. The van der Waals surface area contributed by atoms with Gasteiger partial charge in [-0.3, -0.25) is 0 Å². The fourth-order valence-electron chi connectivity index (χ4n) is 4.29. The van der Waals surface area contributed by atoms with Crippen LogP contribution in [0.1, 0.15) is 96.5 Å². The highest BCUT2D eigenvalue weighted by Crippen LogP contribution is 2.29. The Morgan fingerprint density at radius 3 is 1.83 bits per heavy atom. The zero-order valence-corrected chi connectivity index (χ0v) is 20.9. The number of hydrogen-bond donors (Lipinski definition) is 1. The first-order valence-corrected chi connectivity index (χ1v) is 13.1. The molecule has 2 aromatic carbocycles. The summed E-state index contributed by atoms with van der Waals surface area (Å²) in [5.41, 5.74) is 10.7. The molecule has 2 heteroatoms. The third-order valence-electron chi connectivity index (χ3n) is 6.24. The van der Waals surface area contributed by atoms with E-state index in [4.69, 9.17) is 5.73 Å². The van der Waals surface area contributed by atoms with Gasteiger partial charge in [0.2, 0.25) is 0 Å². The van der Waals surface area contributed by atoms with Gasteiger partial charge in [0, 0.05) is 10.2 Å². The Morgan fingerprint density at radius 1 is 0.700 bits per heavy atom. The maximum absolute atomic E-state index is 5.93. The molecule has 166 valence electrons. The third kappa shape index (κ3) is 9.25. The molecule has 0 aliphatic carbocycles. The molecule has 0 aromatic heterocycles. The van der Waals surface area contributed by atoms with Crippen molar-refractivity contribution in [3.8, 4) is 11.1 Å². The molecule has 2 aromatic rings. The minimum absolute atomic E-state index is 0.788. The summed E-state index contributed by atoms with van der Waals surface area (Å²) >= 11 is 3.54. The number of nitrogen functional groups attached to an aromatic ring is 1. The second kappa shape index (κ2) is 14.7. The highest BCUT2D eigenvalue weighted by molar-refractivity contribution is 9.10. The normalized spacial score (nSPS) is 12.2. The third-order valence-corrected chi connectivity index (χ3v) is 6.93. The van der Waals surface area contributed by atoms with E-state index in [-0.39, 0.29) is 0 Å². The van der Waals surface area contributed by atoms with E-state index in [2.05, 4.69) is 66.2 Å². The molecule has 0 saturated carbocycles. The largest absolute Gasteiger partial charge is 0.398 e. The zero-order chi connectivity index (χ0) is 21.6. The molecule has 0 fully saturated rings. The lowest BCUT2D eigenvalue weighted by atomic mass is 9.88. The predicted molar refractivity (Wildman–Crippen MR) is 138 cm³/mol. The number of hydrogen-bond acceptors (Lipinski definition) is 1. The van der Waals surface area contributed by atoms with Crippen molar-refractivity contribution >= 4 is 21.6 Å². The van der Waals surface area contributed by atoms with E-state index in [1.807, 2.05) is 6.07 Å². The molecule has 1 nitrogen and oxygen atoms in total. The van der Waals surface area contributed by atoms with E-state index < -0.39 is 0 Å². The maximum Gasteiger partial charge on any atom is 0.0458 e. The SMILES string of the molecule is CCCCCCCCC(CCCCCC)Cc1ccc(-c2ccc(N)c(Br)c2)cc1. The molecule has 30 heavy (non-hydrogen) atoms. The van der Waals surface area contributed by atoms with Gasteiger partial charge >= 0.3 is 0 Å². The first-order valence-electron chi connectivity index (χ1n) is 12.3. The van der Waals surface area contributed by atoms with Gasteiger partial charge in [-0.25, -0.2) is 0 Å². The van der Waals surface area contributed by atoms with E-state index in [9.17, 15) is 0 Å². The average Bonchev–Trinajstić information content (AvgIpc) is 2.76. The van der Waals surface area contributed by atoms with E-state index in [1.165, 1.54) is 100 Å². The van der Waals surface area contributed by atoms with Gasteiger partial charge in [-0.1, -0.05) is 121 Å². The topological polar surface area (TPSA) is 26.0 Å². The second-order valence-corrected chi connectivity index (χ2v) is 9.76. The summed E-state index contributed by atoms with van der Waals surface area (Å²) in [6, 6.07) is 15.4. The van der Waals surface area contributed by atoms with Gasteiger partial charge in [0.05, 0.1) is 0 Å². The minimum Gasteiger partial charge on any atom is -0.398 e. The lowest BCUT2D eigenvalue weighted by molar-refractivity contribution is 0.402. The van der Waals surface area contributed by atoms with Crippen LogP contribution in [-0.2, 0) is 6.42 Å². The Hall–Kier alpha value is -1.28. The number of anilines is 1. The van der Waals surface area contributed by atoms with Crippen LogP contribution in [-0.4, -0.2) is 0 Å². The van der Waals surface area contributed by atoms with Crippen LogP contribution in [0.5, 0.6) is 0 Å². The molecular formula is C28H42BrN.